The molecule has 3 aromatic rings. The molecule has 0 saturated carbocycles. The van der Waals surface area contributed by atoms with E-state index in [1.54, 1.807) is 17.6 Å². The lowest BCUT2D eigenvalue weighted by atomic mass is 10.3. The molecule has 1 aromatic carbocycles. The molecule has 3 rings (SSSR count). The van der Waals surface area contributed by atoms with Crippen molar-refractivity contribution in [3.05, 3.63) is 34.9 Å². The molecule has 0 atom stereocenters. The number of nitrogens with two attached hydrogens (primary N) is 1. The van der Waals surface area contributed by atoms with Gasteiger partial charge in [-0.05, 0) is 19.1 Å². The van der Waals surface area contributed by atoms with Crippen molar-refractivity contribution in [3.8, 4) is 0 Å². The molecule has 0 bridgehead atoms. The molecule has 0 amide bonds. The summed E-state index contributed by atoms with van der Waals surface area (Å²) in [5.41, 5.74) is 7.40. The minimum absolute atomic E-state index is 0.354. The summed E-state index contributed by atoms with van der Waals surface area (Å²) in [6, 6.07) is 5.48. The number of aromatic nitrogens is 4. The van der Waals surface area contributed by atoms with E-state index in [4.69, 9.17) is 21.9 Å². The Morgan fingerprint density at radius 3 is 2.94 bits per heavy atom. The number of anilines is 1. The first kappa shape index (κ1) is 11.0. The van der Waals surface area contributed by atoms with Crippen LogP contribution < -0.4 is 5.73 Å². The first-order chi connectivity index (χ1) is 8.65. The zero-order valence-corrected chi connectivity index (χ0v) is 10.3. The molecule has 0 radical (unpaired) electrons. The van der Waals surface area contributed by atoms with Crippen LogP contribution in [0.2, 0.25) is 5.02 Å². The van der Waals surface area contributed by atoms with Gasteiger partial charge in [-0.3, -0.25) is 4.57 Å². The fraction of sp³-hybridized carbons (Fsp3) is 0.182. The number of hydrogen-bond donors (Lipinski definition) is 1. The van der Waals surface area contributed by atoms with Gasteiger partial charge in [0.25, 0.3) is 0 Å². The molecule has 18 heavy (non-hydrogen) atoms. The number of fused-ring (bicyclic) bond motifs is 1. The lowest BCUT2D eigenvalue weighted by Crippen LogP contribution is -2.05. The second-order valence-corrected chi connectivity index (χ2v) is 4.31. The third kappa shape index (κ3) is 1.70. The van der Waals surface area contributed by atoms with Gasteiger partial charge >= 0.3 is 0 Å². The molecule has 0 aliphatic rings. The highest BCUT2D eigenvalue weighted by Crippen LogP contribution is 2.26. The number of nitrogen functional groups attached to an aromatic ring is 1. The van der Waals surface area contributed by atoms with E-state index in [1.807, 2.05) is 12.1 Å². The Labute approximate surface area is 107 Å². The van der Waals surface area contributed by atoms with Crippen molar-refractivity contribution < 1.29 is 4.52 Å². The largest absolute Gasteiger partial charge is 0.369 e. The van der Waals surface area contributed by atoms with E-state index >= 15 is 0 Å². The highest BCUT2D eigenvalue weighted by Gasteiger charge is 2.13. The molecule has 7 heteroatoms. The zero-order valence-electron chi connectivity index (χ0n) is 9.59. The van der Waals surface area contributed by atoms with Gasteiger partial charge in [0.05, 0.1) is 16.1 Å². The van der Waals surface area contributed by atoms with E-state index in [-0.39, 0.29) is 0 Å². The Morgan fingerprint density at radius 1 is 1.39 bits per heavy atom. The van der Waals surface area contributed by atoms with Gasteiger partial charge in [-0.2, -0.15) is 4.98 Å². The van der Waals surface area contributed by atoms with Crippen LogP contribution in [-0.2, 0) is 6.54 Å². The SMILES string of the molecule is Cc1noc(Cn2c(N)nc3cccc(Cl)c32)n1. The van der Waals surface area contributed by atoms with Crippen LogP contribution in [0.1, 0.15) is 11.7 Å². The van der Waals surface area contributed by atoms with Crippen LogP contribution in [0.25, 0.3) is 11.0 Å². The number of nitrogens with zero attached hydrogens (tertiary/aromatic N) is 4. The maximum absolute atomic E-state index is 6.16. The van der Waals surface area contributed by atoms with Crippen LogP contribution >= 0.6 is 11.6 Å². The molecule has 0 aliphatic carbocycles. The Hall–Kier alpha value is -2.08. The average molecular weight is 264 g/mol. The summed E-state index contributed by atoms with van der Waals surface area (Å²) >= 11 is 6.16. The molecule has 2 heterocycles. The number of hydrogen-bond acceptors (Lipinski definition) is 5. The minimum atomic E-state index is 0.354. The van der Waals surface area contributed by atoms with Gasteiger partial charge in [-0.25, -0.2) is 4.98 Å². The van der Waals surface area contributed by atoms with Crippen molar-refractivity contribution in [2.75, 3.05) is 5.73 Å². The third-order valence-electron chi connectivity index (χ3n) is 2.61. The third-order valence-corrected chi connectivity index (χ3v) is 2.91. The summed E-state index contributed by atoms with van der Waals surface area (Å²) in [6.45, 7) is 2.11. The van der Waals surface area contributed by atoms with E-state index < -0.39 is 0 Å². The molecule has 0 unspecified atom stereocenters. The Balaban J connectivity index is 2.13. The number of imidazole rings is 1. The van der Waals surface area contributed by atoms with Crippen LogP contribution in [0.4, 0.5) is 5.95 Å². The van der Waals surface area contributed by atoms with Gasteiger partial charge < -0.3 is 10.3 Å². The molecule has 2 N–H and O–H groups in total. The second kappa shape index (κ2) is 3.99. The van der Waals surface area contributed by atoms with Crippen LogP contribution in [0.5, 0.6) is 0 Å². The highest BCUT2D eigenvalue weighted by molar-refractivity contribution is 6.35. The first-order valence-electron chi connectivity index (χ1n) is 5.34. The van der Waals surface area contributed by atoms with Gasteiger partial charge in [-0.15, -0.1) is 0 Å². The number of halogens is 1. The topological polar surface area (TPSA) is 82.8 Å². The van der Waals surface area contributed by atoms with Crippen molar-refractivity contribution in [1.82, 2.24) is 19.7 Å². The van der Waals surface area contributed by atoms with E-state index in [0.717, 1.165) is 11.0 Å². The van der Waals surface area contributed by atoms with Crippen LogP contribution in [0.3, 0.4) is 0 Å². The highest BCUT2D eigenvalue weighted by atomic mass is 35.5. The molecular formula is C11H10ClN5O. The van der Waals surface area contributed by atoms with E-state index in [2.05, 4.69) is 15.1 Å². The van der Waals surface area contributed by atoms with Gasteiger partial charge in [0.1, 0.15) is 6.54 Å². The van der Waals surface area contributed by atoms with Crippen molar-refractivity contribution >= 4 is 28.6 Å². The average Bonchev–Trinajstić information content (AvgIpc) is 2.85. The quantitative estimate of drug-likeness (QED) is 0.765. The zero-order chi connectivity index (χ0) is 12.7. The summed E-state index contributed by atoms with van der Waals surface area (Å²) in [5, 5.41) is 4.33. The molecule has 0 aliphatic heterocycles. The van der Waals surface area contributed by atoms with Gasteiger partial charge in [-0.1, -0.05) is 22.8 Å². The number of rotatable bonds is 2. The number of aryl methyl sites for hydroxylation is 1. The lowest BCUT2D eigenvalue weighted by Gasteiger charge is -2.03. The van der Waals surface area contributed by atoms with Crippen LogP contribution in [0.15, 0.2) is 22.7 Å². The Kier molecular flexibility index (Phi) is 2.45. The van der Waals surface area contributed by atoms with Crippen LogP contribution in [-0.4, -0.2) is 19.7 Å². The first-order valence-corrected chi connectivity index (χ1v) is 5.72. The van der Waals surface area contributed by atoms with Crippen molar-refractivity contribution in [2.24, 2.45) is 0 Å². The predicted octanol–water partition coefficient (Wildman–Crippen LogP) is 2.01. The lowest BCUT2D eigenvalue weighted by molar-refractivity contribution is 0.369. The summed E-state index contributed by atoms with van der Waals surface area (Å²) < 4.78 is 6.83. The molecular weight excluding hydrogens is 254 g/mol. The maximum atomic E-state index is 6.16. The molecule has 0 spiro atoms. The minimum Gasteiger partial charge on any atom is -0.369 e. The van der Waals surface area contributed by atoms with Crippen LogP contribution in [0, 0.1) is 6.92 Å². The Bertz CT molecular complexity index is 717. The van der Waals surface area contributed by atoms with E-state index in [9.17, 15) is 0 Å². The summed E-state index contributed by atoms with van der Waals surface area (Å²) in [6.07, 6.45) is 0. The molecule has 0 saturated heterocycles. The van der Waals surface area contributed by atoms with Gasteiger partial charge in [0, 0.05) is 0 Å². The van der Waals surface area contributed by atoms with E-state index in [0.29, 0.717) is 29.2 Å². The van der Waals surface area contributed by atoms with Crippen molar-refractivity contribution in [2.45, 2.75) is 13.5 Å². The van der Waals surface area contributed by atoms with E-state index in [1.165, 1.54) is 0 Å². The molecule has 0 fully saturated rings. The monoisotopic (exact) mass is 263 g/mol. The van der Waals surface area contributed by atoms with Crippen molar-refractivity contribution in [1.29, 1.82) is 0 Å². The summed E-state index contributed by atoms with van der Waals surface area (Å²) in [4.78, 5) is 8.38. The van der Waals surface area contributed by atoms with Gasteiger partial charge in [0.2, 0.25) is 11.8 Å². The number of benzene rings is 1. The van der Waals surface area contributed by atoms with Gasteiger partial charge in [0.15, 0.2) is 5.82 Å². The van der Waals surface area contributed by atoms with Crippen molar-refractivity contribution in [3.63, 3.8) is 0 Å². The molecule has 92 valence electrons. The maximum Gasteiger partial charge on any atom is 0.246 e. The fourth-order valence-corrected chi connectivity index (χ4v) is 2.13. The normalized spacial score (nSPS) is 11.2. The molecule has 2 aromatic heterocycles. The smallest absolute Gasteiger partial charge is 0.246 e. The second-order valence-electron chi connectivity index (χ2n) is 3.90. The summed E-state index contributed by atoms with van der Waals surface area (Å²) in [5.74, 6) is 1.42. The number of para-hydroxylation sites is 1. The molecule has 6 nitrogen and oxygen atoms in total. The fourth-order valence-electron chi connectivity index (χ4n) is 1.86. The standard InChI is InChI=1S/C11H10ClN5O/c1-6-14-9(18-16-6)5-17-10-7(12)3-2-4-8(10)15-11(17)13/h2-4H,5H2,1H3,(H2,13,15). The Morgan fingerprint density at radius 2 is 2.22 bits per heavy atom. The summed E-state index contributed by atoms with van der Waals surface area (Å²) in [7, 11) is 0. The predicted molar refractivity (Wildman–Crippen MR) is 67.3 cm³/mol.